The second-order valence-corrected chi connectivity index (χ2v) is 9.05. The van der Waals surface area contributed by atoms with Crippen molar-refractivity contribution in [3.05, 3.63) is 119 Å². The zero-order valence-electron chi connectivity index (χ0n) is 19.8. The maximum atomic E-state index is 13.7. The van der Waals surface area contributed by atoms with Crippen LogP contribution in [0.5, 0.6) is 0 Å². The number of likely N-dealkylation sites (N-methyl/N-ethyl adjacent to an activating group) is 1. The van der Waals surface area contributed by atoms with E-state index in [-0.39, 0.29) is 11.8 Å². The van der Waals surface area contributed by atoms with Gasteiger partial charge in [0.2, 0.25) is 11.8 Å². The number of carbonyl (C=O) groups excluding carboxylic acids is 2. The molecule has 0 aliphatic rings. The minimum atomic E-state index is -0.638. The lowest BCUT2D eigenvalue weighted by Gasteiger charge is -2.31. The van der Waals surface area contributed by atoms with Crippen LogP contribution in [0.2, 0.25) is 5.02 Å². The number of benzene rings is 4. The highest BCUT2D eigenvalue weighted by molar-refractivity contribution is 6.30. The Morgan fingerprint density at radius 3 is 2.31 bits per heavy atom. The molecule has 2 amide bonds. The molecule has 0 bridgehead atoms. The highest BCUT2D eigenvalue weighted by Gasteiger charge is 2.29. The normalized spacial score (nSPS) is 11.7. The summed E-state index contributed by atoms with van der Waals surface area (Å²) in [5, 5.41) is 5.66. The molecule has 0 saturated heterocycles. The molecule has 0 aliphatic carbocycles. The van der Waals surface area contributed by atoms with E-state index in [4.69, 9.17) is 11.6 Å². The summed E-state index contributed by atoms with van der Waals surface area (Å²) in [6.07, 6.45) is 1.33. The summed E-state index contributed by atoms with van der Waals surface area (Å²) in [5.74, 6) is -0.253. The lowest BCUT2D eigenvalue weighted by Crippen LogP contribution is -2.49. The van der Waals surface area contributed by atoms with Gasteiger partial charge in [0.25, 0.3) is 0 Å². The highest BCUT2D eigenvalue weighted by atomic mass is 35.5. The number of carbonyl (C=O) groups is 2. The largest absolute Gasteiger partial charge is 0.357 e. The quantitative estimate of drug-likeness (QED) is 0.326. The molecule has 35 heavy (non-hydrogen) atoms. The van der Waals surface area contributed by atoms with Crippen LogP contribution in [0, 0.1) is 0 Å². The van der Waals surface area contributed by atoms with Crippen molar-refractivity contribution in [3.8, 4) is 0 Å². The van der Waals surface area contributed by atoms with Gasteiger partial charge in [-0.25, -0.2) is 0 Å². The molecule has 0 fully saturated rings. The van der Waals surface area contributed by atoms with Gasteiger partial charge in [0, 0.05) is 31.5 Å². The van der Waals surface area contributed by atoms with Crippen molar-refractivity contribution in [2.24, 2.45) is 0 Å². The summed E-state index contributed by atoms with van der Waals surface area (Å²) in [6, 6.07) is 31.0. The molecule has 0 unspecified atom stereocenters. The van der Waals surface area contributed by atoms with Crippen molar-refractivity contribution in [1.82, 2.24) is 10.2 Å². The number of rotatable bonds is 9. The minimum absolute atomic E-state index is 0.0672. The second kappa shape index (κ2) is 11.7. The smallest absolute Gasteiger partial charge is 0.242 e. The van der Waals surface area contributed by atoms with Gasteiger partial charge in [-0.3, -0.25) is 9.59 Å². The van der Waals surface area contributed by atoms with E-state index in [1.165, 1.54) is 0 Å². The molecule has 5 heteroatoms. The number of fused-ring (bicyclic) bond motifs is 1. The third-order valence-corrected chi connectivity index (χ3v) is 6.48. The topological polar surface area (TPSA) is 49.4 Å². The summed E-state index contributed by atoms with van der Waals surface area (Å²) < 4.78 is 0. The van der Waals surface area contributed by atoms with Crippen molar-refractivity contribution in [2.75, 3.05) is 7.05 Å². The van der Waals surface area contributed by atoms with Gasteiger partial charge in [-0.1, -0.05) is 96.5 Å². The van der Waals surface area contributed by atoms with Gasteiger partial charge in [-0.05, 0) is 46.0 Å². The van der Waals surface area contributed by atoms with Crippen LogP contribution >= 0.6 is 11.6 Å². The zero-order valence-corrected chi connectivity index (χ0v) is 20.5. The number of halogens is 1. The molecule has 1 N–H and O–H groups in total. The molecule has 4 aromatic carbocycles. The van der Waals surface area contributed by atoms with E-state index in [1.54, 1.807) is 18.0 Å². The van der Waals surface area contributed by atoms with E-state index in [1.807, 2.05) is 66.7 Å². The Kier molecular flexibility index (Phi) is 8.17. The average molecular weight is 485 g/mol. The summed E-state index contributed by atoms with van der Waals surface area (Å²) in [6.45, 7) is 0.305. The molecule has 4 nitrogen and oxygen atoms in total. The Hall–Kier alpha value is -3.63. The second-order valence-electron chi connectivity index (χ2n) is 8.61. The fourth-order valence-electron chi connectivity index (χ4n) is 4.45. The van der Waals surface area contributed by atoms with E-state index < -0.39 is 6.04 Å². The first kappa shape index (κ1) is 24.5. The predicted molar refractivity (Wildman–Crippen MR) is 142 cm³/mol. The number of nitrogens with one attached hydrogen (secondary N) is 1. The third kappa shape index (κ3) is 6.28. The first-order valence-electron chi connectivity index (χ1n) is 11.8. The predicted octanol–water partition coefficient (Wildman–Crippen LogP) is 5.81. The lowest BCUT2D eigenvalue weighted by atomic mass is 9.99. The van der Waals surface area contributed by atoms with Gasteiger partial charge in [0.05, 0.1) is 0 Å². The SMILES string of the molecule is CNC(=O)[C@@H](Cc1ccccc1)N(Cc1cccc(Cl)c1)C(=O)CCc1cccc2ccccc12. The van der Waals surface area contributed by atoms with E-state index >= 15 is 0 Å². The molecule has 4 rings (SSSR count). The molecule has 0 aliphatic heterocycles. The van der Waals surface area contributed by atoms with Gasteiger partial charge < -0.3 is 10.2 Å². The number of hydrogen-bond acceptors (Lipinski definition) is 2. The summed E-state index contributed by atoms with van der Waals surface area (Å²) >= 11 is 6.22. The Bertz CT molecular complexity index is 1300. The molecular weight excluding hydrogens is 456 g/mol. The van der Waals surface area contributed by atoms with E-state index in [0.29, 0.717) is 30.8 Å². The van der Waals surface area contributed by atoms with Crippen molar-refractivity contribution < 1.29 is 9.59 Å². The van der Waals surface area contributed by atoms with E-state index in [9.17, 15) is 9.59 Å². The molecule has 0 aromatic heterocycles. The number of amides is 2. The summed E-state index contributed by atoms with van der Waals surface area (Å²) in [5.41, 5.74) is 3.01. The molecule has 178 valence electrons. The molecule has 0 spiro atoms. The Morgan fingerprint density at radius 1 is 0.857 bits per heavy atom. The van der Waals surface area contributed by atoms with E-state index in [2.05, 4.69) is 29.6 Å². The van der Waals surface area contributed by atoms with Crippen LogP contribution in [0.3, 0.4) is 0 Å². The van der Waals surface area contributed by atoms with Gasteiger partial charge in [-0.2, -0.15) is 0 Å². The number of aryl methyl sites for hydroxylation is 1. The zero-order chi connectivity index (χ0) is 24.6. The van der Waals surface area contributed by atoms with Gasteiger partial charge >= 0.3 is 0 Å². The summed E-state index contributed by atoms with van der Waals surface area (Å²) in [4.78, 5) is 28.4. The van der Waals surface area contributed by atoms with Crippen molar-refractivity contribution in [2.45, 2.75) is 31.8 Å². The molecule has 1 atom stereocenters. The first-order valence-corrected chi connectivity index (χ1v) is 12.2. The maximum Gasteiger partial charge on any atom is 0.242 e. The summed E-state index contributed by atoms with van der Waals surface area (Å²) in [7, 11) is 1.61. The van der Waals surface area contributed by atoms with E-state index in [0.717, 1.165) is 27.5 Å². The molecule has 0 heterocycles. The lowest BCUT2D eigenvalue weighted by molar-refractivity contribution is -0.141. The monoisotopic (exact) mass is 484 g/mol. The maximum absolute atomic E-state index is 13.7. The van der Waals surface area contributed by atoms with Crippen LogP contribution in [-0.2, 0) is 29.0 Å². The molecule has 0 saturated carbocycles. The van der Waals surface area contributed by atoms with Crippen molar-refractivity contribution in [1.29, 1.82) is 0 Å². The fourth-order valence-corrected chi connectivity index (χ4v) is 4.66. The van der Waals surface area contributed by atoms with Gasteiger partial charge in [0.15, 0.2) is 0 Å². The van der Waals surface area contributed by atoms with Crippen LogP contribution in [0.25, 0.3) is 10.8 Å². The molecule has 4 aromatic rings. The third-order valence-electron chi connectivity index (χ3n) is 6.25. The number of hydrogen-bond donors (Lipinski definition) is 1. The van der Waals surface area contributed by atoms with Crippen LogP contribution in [0.1, 0.15) is 23.1 Å². The van der Waals surface area contributed by atoms with Crippen LogP contribution in [-0.4, -0.2) is 29.8 Å². The Labute approximate surface area is 211 Å². The average Bonchev–Trinajstić information content (AvgIpc) is 2.89. The van der Waals surface area contributed by atoms with Gasteiger partial charge in [0.1, 0.15) is 6.04 Å². The van der Waals surface area contributed by atoms with Crippen LogP contribution in [0.4, 0.5) is 0 Å². The van der Waals surface area contributed by atoms with Crippen LogP contribution < -0.4 is 5.32 Å². The fraction of sp³-hybridized carbons (Fsp3) is 0.200. The standard InChI is InChI=1S/C30H29ClN2O2/c1-32-30(35)28(20-22-9-3-2-4-10-22)33(21-23-11-7-15-26(31)19-23)29(34)18-17-25-14-8-13-24-12-5-6-16-27(24)25/h2-16,19,28H,17-18,20-21H2,1H3,(H,32,35)/t28-/m1/s1. The first-order chi connectivity index (χ1) is 17.0. The van der Waals surface area contributed by atoms with Crippen molar-refractivity contribution >= 4 is 34.2 Å². The number of nitrogens with zero attached hydrogens (tertiary/aromatic N) is 1. The Morgan fingerprint density at radius 2 is 1.54 bits per heavy atom. The van der Waals surface area contributed by atoms with Crippen molar-refractivity contribution in [3.63, 3.8) is 0 Å². The minimum Gasteiger partial charge on any atom is -0.357 e. The molecular formula is C30H29ClN2O2. The highest BCUT2D eigenvalue weighted by Crippen LogP contribution is 2.22. The van der Waals surface area contributed by atoms with Crippen LogP contribution in [0.15, 0.2) is 97.1 Å². The Balaban J connectivity index is 1.62. The molecule has 0 radical (unpaired) electrons. The van der Waals surface area contributed by atoms with Gasteiger partial charge in [-0.15, -0.1) is 0 Å².